The number of halogens is 1. The van der Waals surface area contributed by atoms with E-state index in [9.17, 15) is 9.59 Å². The molecule has 1 aliphatic heterocycles. The Hall–Kier alpha value is -1.86. The van der Waals surface area contributed by atoms with Gasteiger partial charge >= 0.3 is 0 Å². The molecule has 0 saturated carbocycles. The van der Waals surface area contributed by atoms with Crippen LogP contribution >= 0.6 is 12.4 Å². The Labute approximate surface area is 142 Å². The van der Waals surface area contributed by atoms with Crippen LogP contribution in [0.15, 0.2) is 18.3 Å². The number of hydrogen-bond donors (Lipinski definition) is 3. The number of piperazine rings is 1. The van der Waals surface area contributed by atoms with Gasteiger partial charge in [0.25, 0.3) is 0 Å². The van der Waals surface area contributed by atoms with Crippen molar-refractivity contribution in [2.45, 2.75) is 32.2 Å². The normalized spacial score (nSPS) is 16.8. The minimum absolute atomic E-state index is 0. The van der Waals surface area contributed by atoms with Crippen molar-refractivity contribution in [3.8, 4) is 0 Å². The first-order chi connectivity index (χ1) is 10.4. The highest BCUT2D eigenvalue weighted by atomic mass is 35.5. The summed E-state index contributed by atoms with van der Waals surface area (Å²) in [6, 6.07) is 3.57. The van der Waals surface area contributed by atoms with Crippen molar-refractivity contribution < 1.29 is 9.59 Å². The summed E-state index contributed by atoms with van der Waals surface area (Å²) in [5, 5.41) is 5.55. The minimum atomic E-state index is -0.890. The SMILES string of the molecule is CCCC(C)(N)C(=O)Nc1ccc(N2CCNC(=O)C2)nc1.Cl. The lowest BCUT2D eigenvalue weighted by atomic mass is 9.96. The van der Waals surface area contributed by atoms with Gasteiger partial charge in [-0.3, -0.25) is 9.59 Å². The number of aromatic nitrogens is 1. The molecule has 0 aromatic carbocycles. The Morgan fingerprint density at radius 1 is 1.52 bits per heavy atom. The lowest BCUT2D eigenvalue weighted by molar-refractivity contribution is -0.121. The molecule has 0 bridgehead atoms. The van der Waals surface area contributed by atoms with Gasteiger partial charge in [-0.1, -0.05) is 13.3 Å². The number of hydrogen-bond acceptors (Lipinski definition) is 5. The standard InChI is InChI=1S/C15H23N5O2.ClH/c1-3-6-15(2,16)14(22)19-11-4-5-12(18-9-11)20-8-7-17-13(21)10-20;/h4-5,9H,3,6-8,10,16H2,1-2H3,(H,17,21)(H,19,22);1H. The average Bonchev–Trinajstić information content (AvgIpc) is 2.48. The molecular formula is C15H24ClN5O2. The van der Waals surface area contributed by atoms with Crippen molar-refractivity contribution in [1.82, 2.24) is 10.3 Å². The Morgan fingerprint density at radius 3 is 2.83 bits per heavy atom. The molecular weight excluding hydrogens is 318 g/mol. The Bertz CT molecular complexity index is 547. The molecule has 0 radical (unpaired) electrons. The molecule has 1 aromatic heterocycles. The van der Waals surface area contributed by atoms with E-state index in [-0.39, 0.29) is 24.2 Å². The van der Waals surface area contributed by atoms with Crippen LogP contribution < -0.4 is 21.3 Å². The number of pyridine rings is 1. The molecule has 1 aliphatic rings. The molecule has 2 amide bonds. The van der Waals surface area contributed by atoms with E-state index in [1.807, 2.05) is 11.8 Å². The van der Waals surface area contributed by atoms with Crippen molar-refractivity contribution in [2.24, 2.45) is 5.73 Å². The highest BCUT2D eigenvalue weighted by Gasteiger charge is 2.27. The minimum Gasteiger partial charge on any atom is -0.353 e. The highest BCUT2D eigenvalue weighted by molar-refractivity contribution is 5.97. The van der Waals surface area contributed by atoms with E-state index in [4.69, 9.17) is 5.73 Å². The molecule has 1 unspecified atom stereocenters. The molecule has 7 nitrogen and oxygen atoms in total. The first-order valence-electron chi connectivity index (χ1n) is 7.50. The summed E-state index contributed by atoms with van der Waals surface area (Å²) in [5.74, 6) is 0.488. The molecule has 1 saturated heterocycles. The van der Waals surface area contributed by atoms with Gasteiger partial charge in [-0.15, -0.1) is 12.4 Å². The summed E-state index contributed by atoms with van der Waals surface area (Å²) in [7, 11) is 0. The number of nitrogens with zero attached hydrogens (tertiary/aromatic N) is 2. The summed E-state index contributed by atoms with van der Waals surface area (Å²) in [5.41, 5.74) is 5.71. The maximum Gasteiger partial charge on any atom is 0.244 e. The van der Waals surface area contributed by atoms with Crippen LogP contribution in [-0.2, 0) is 9.59 Å². The fourth-order valence-corrected chi connectivity index (χ4v) is 2.39. The van der Waals surface area contributed by atoms with E-state index in [1.54, 1.807) is 25.3 Å². The van der Waals surface area contributed by atoms with Crippen LogP contribution in [0.3, 0.4) is 0 Å². The monoisotopic (exact) mass is 341 g/mol. The van der Waals surface area contributed by atoms with Gasteiger partial charge in [0, 0.05) is 13.1 Å². The molecule has 1 fully saturated rings. The Balaban J connectivity index is 0.00000264. The van der Waals surface area contributed by atoms with Crippen molar-refractivity contribution in [3.05, 3.63) is 18.3 Å². The van der Waals surface area contributed by atoms with Gasteiger partial charge in [-0.05, 0) is 25.5 Å². The smallest absolute Gasteiger partial charge is 0.244 e. The lowest BCUT2D eigenvalue weighted by Crippen LogP contribution is -2.48. The van der Waals surface area contributed by atoms with Crippen molar-refractivity contribution in [1.29, 1.82) is 0 Å². The summed E-state index contributed by atoms with van der Waals surface area (Å²) in [6.07, 6.45) is 3.05. The molecule has 0 spiro atoms. The molecule has 128 valence electrons. The second kappa shape index (κ2) is 8.12. The quantitative estimate of drug-likeness (QED) is 0.738. The number of carbonyl (C=O) groups excluding carboxylic acids is 2. The van der Waals surface area contributed by atoms with Gasteiger partial charge in [0.2, 0.25) is 11.8 Å². The molecule has 0 aliphatic carbocycles. The van der Waals surface area contributed by atoms with E-state index < -0.39 is 5.54 Å². The molecule has 4 N–H and O–H groups in total. The maximum absolute atomic E-state index is 12.1. The fraction of sp³-hybridized carbons (Fsp3) is 0.533. The van der Waals surface area contributed by atoms with E-state index in [1.165, 1.54) is 0 Å². The Morgan fingerprint density at radius 2 is 2.26 bits per heavy atom. The molecule has 1 atom stereocenters. The number of nitrogens with two attached hydrogens (primary N) is 1. The second-order valence-corrected chi connectivity index (χ2v) is 5.80. The van der Waals surface area contributed by atoms with Gasteiger partial charge in [-0.2, -0.15) is 0 Å². The summed E-state index contributed by atoms with van der Waals surface area (Å²) < 4.78 is 0. The van der Waals surface area contributed by atoms with Gasteiger partial charge in [-0.25, -0.2) is 4.98 Å². The third-order valence-electron chi connectivity index (χ3n) is 3.66. The number of anilines is 2. The molecule has 2 heterocycles. The second-order valence-electron chi connectivity index (χ2n) is 5.80. The molecule has 1 aromatic rings. The number of carbonyl (C=O) groups is 2. The molecule has 8 heteroatoms. The van der Waals surface area contributed by atoms with E-state index in [0.717, 1.165) is 18.8 Å². The van der Waals surface area contributed by atoms with E-state index in [0.29, 0.717) is 25.2 Å². The summed E-state index contributed by atoms with van der Waals surface area (Å²) in [4.78, 5) is 29.7. The number of amides is 2. The van der Waals surface area contributed by atoms with Crippen molar-refractivity contribution in [2.75, 3.05) is 29.9 Å². The zero-order chi connectivity index (χ0) is 16.2. The van der Waals surface area contributed by atoms with Crippen LogP contribution in [0.4, 0.5) is 11.5 Å². The van der Waals surface area contributed by atoms with Crippen LogP contribution in [0.5, 0.6) is 0 Å². The fourth-order valence-electron chi connectivity index (χ4n) is 2.39. The lowest BCUT2D eigenvalue weighted by Gasteiger charge is -2.27. The summed E-state index contributed by atoms with van der Waals surface area (Å²) >= 11 is 0. The van der Waals surface area contributed by atoms with Gasteiger partial charge in [0.05, 0.1) is 24.0 Å². The zero-order valence-corrected chi connectivity index (χ0v) is 14.3. The zero-order valence-electron chi connectivity index (χ0n) is 13.5. The predicted molar refractivity (Wildman–Crippen MR) is 92.8 cm³/mol. The van der Waals surface area contributed by atoms with Gasteiger partial charge in [0.1, 0.15) is 5.82 Å². The van der Waals surface area contributed by atoms with Gasteiger partial charge < -0.3 is 21.3 Å². The van der Waals surface area contributed by atoms with Crippen LogP contribution in [0, 0.1) is 0 Å². The maximum atomic E-state index is 12.1. The largest absolute Gasteiger partial charge is 0.353 e. The van der Waals surface area contributed by atoms with Crippen molar-refractivity contribution >= 4 is 35.7 Å². The third kappa shape index (κ3) is 5.07. The number of nitrogens with one attached hydrogen (secondary N) is 2. The van der Waals surface area contributed by atoms with E-state index in [2.05, 4.69) is 15.6 Å². The van der Waals surface area contributed by atoms with Crippen LogP contribution in [0.25, 0.3) is 0 Å². The van der Waals surface area contributed by atoms with Crippen LogP contribution in [-0.4, -0.2) is 42.0 Å². The highest BCUT2D eigenvalue weighted by Crippen LogP contribution is 2.17. The van der Waals surface area contributed by atoms with Gasteiger partial charge in [0.15, 0.2) is 0 Å². The molecule has 23 heavy (non-hydrogen) atoms. The molecule has 2 rings (SSSR count). The number of rotatable bonds is 5. The topological polar surface area (TPSA) is 100 Å². The predicted octanol–water partition coefficient (Wildman–Crippen LogP) is 0.896. The van der Waals surface area contributed by atoms with E-state index >= 15 is 0 Å². The Kier molecular flexibility index (Phi) is 6.78. The van der Waals surface area contributed by atoms with Crippen molar-refractivity contribution in [3.63, 3.8) is 0 Å². The third-order valence-corrected chi connectivity index (χ3v) is 3.66. The first-order valence-corrected chi connectivity index (χ1v) is 7.50. The summed E-state index contributed by atoms with van der Waals surface area (Å²) in [6.45, 7) is 5.35. The van der Waals surface area contributed by atoms with Crippen LogP contribution in [0.1, 0.15) is 26.7 Å². The van der Waals surface area contributed by atoms with Crippen LogP contribution in [0.2, 0.25) is 0 Å². The average molecular weight is 342 g/mol. The first kappa shape index (κ1) is 19.2.